The van der Waals surface area contributed by atoms with Crippen LogP contribution in [-0.4, -0.2) is 0 Å². The van der Waals surface area contributed by atoms with Crippen molar-refractivity contribution in [2.24, 2.45) is 0 Å². The second-order valence-electron chi connectivity index (χ2n) is 6.66. The Morgan fingerprint density at radius 2 is 1.66 bits per heavy atom. The third-order valence-electron chi connectivity index (χ3n) is 4.69. The molecule has 4 rings (SSSR count). The molecule has 1 N–H and O–H groups in total. The zero-order valence-electron chi connectivity index (χ0n) is 15.5. The van der Waals surface area contributed by atoms with Gasteiger partial charge in [-0.25, -0.2) is 4.39 Å². The van der Waals surface area contributed by atoms with Crippen LogP contribution in [0.3, 0.4) is 0 Å². The lowest BCUT2D eigenvalue weighted by atomic mass is 10.0. The molecule has 0 spiro atoms. The summed E-state index contributed by atoms with van der Waals surface area (Å²) in [7, 11) is 0. The largest absolute Gasteiger partial charge is 0.489 e. The zero-order valence-corrected chi connectivity index (χ0v) is 17.0. The zero-order chi connectivity index (χ0) is 20.2. The van der Waals surface area contributed by atoms with Crippen LogP contribution in [0.1, 0.15) is 11.1 Å². The third-order valence-corrected chi connectivity index (χ3v) is 5.24. The maximum Gasteiger partial charge on any atom is 0.125 e. The fraction of sp³-hybridized carbons (Fsp3) is 0.0833. The van der Waals surface area contributed by atoms with Crippen LogP contribution in [0.4, 0.5) is 10.1 Å². The molecule has 0 aliphatic rings. The van der Waals surface area contributed by atoms with E-state index in [9.17, 15) is 4.39 Å². The number of benzene rings is 4. The number of hydrogen-bond donors (Lipinski definition) is 1. The molecule has 0 saturated carbocycles. The van der Waals surface area contributed by atoms with E-state index in [2.05, 4.69) is 17.4 Å². The van der Waals surface area contributed by atoms with Gasteiger partial charge in [0.15, 0.2) is 0 Å². The van der Waals surface area contributed by atoms with Crippen LogP contribution in [-0.2, 0) is 13.2 Å². The van der Waals surface area contributed by atoms with Crippen LogP contribution in [0.2, 0.25) is 10.0 Å². The van der Waals surface area contributed by atoms with E-state index in [0.717, 1.165) is 33.3 Å². The molecular weight excluding hydrogens is 408 g/mol. The van der Waals surface area contributed by atoms with Gasteiger partial charge in [0.1, 0.15) is 18.2 Å². The van der Waals surface area contributed by atoms with Gasteiger partial charge in [0.2, 0.25) is 0 Å². The Kier molecular flexibility index (Phi) is 5.89. The minimum absolute atomic E-state index is 0.260. The average molecular weight is 426 g/mol. The molecule has 0 amide bonds. The molecule has 0 radical (unpaired) electrons. The van der Waals surface area contributed by atoms with Crippen molar-refractivity contribution in [2.75, 3.05) is 5.32 Å². The second-order valence-corrected chi connectivity index (χ2v) is 7.50. The minimum atomic E-state index is -0.260. The lowest BCUT2D eigenvalue weighted by molar-refractivity contribution is 0.303. The van der Waals surface area contributed by atoms with Crippen LogP contribution in [0.5, 0.6) is 5.75 Å². The lowest BCUT2D eigenvalue weighted by Crippen LogP contribution is -2.05. The maximum atomic E-state index is 13.1. The Hall–Kier alpha value is -2.75. The van der Waals surface area contributed by atoms with Crippen molar-refractivity contribution >= 4 is 39.7 Å². The average Bonchev–Trinajstić information content (AvgIpc) is 2.73. The summed E-state index contributed by atoms with van der Waals surface area (Å²) in [4.78, 5) is 0. The highest BCUT2D eigenvalue weighted by Crippen LogP contribution is 2.31. The van der Waals surface area contributed by atoms with Crippen molar-refractivity contribution in [2.45, 2.75) is 13.2 Å². The van der Waals surface area contributed by atoms with E-state index in [-0.39, 0.29) is 5.82 Å². The molecule has 146 valence electrons. The van der Waals surface area contributed by atoms with Crippen molar-refractivity contribution in [3.63, 3.8) is 0 Å². The monoisotopic (exact) mass is 425 g/mol. The molecule has 0 aliphatic carbocycles. The standard InChI is InChI=1S/C24H18Cl2FNO/c25-18-8-11-23(22(26)13-18)28-14-21-20-4-2-1-3-17(20)7-12-24(21)29-15-16-5-9-19(27)10-6-16/h1-13,28H,14-15H2. The maximum absolute atomic E-state index is 13.1. The number of ether oxygens (including phenoxy) is 1. The van der Waals surface area contributed by atoms with Crippen LogP contribution < -0.4 is 10.1 Å². The summed E-state index contributed by atoms with van der Waals surface area (Å²) >= 11 is 12.3. The van der Waals surface area contributed by atoms with E-state index < -0.39 is 0 Å². The Labute approximate surface area is 178 Å². The summed E-state index contributed by atoms with van der Waals surface area (Å²) in [6, 6.07) is 23.8. The predicted molar refractivity (Wildman–Crippen MR) is 118 cm³/mol. The van der Waals surface area contributed by atoms with Crippen molar-refractivity contribution < 1.29 is 9.13 Å². The molecule has 2 nitrogen and oxygen atoms in total. The first-order chi connectivity index (χ1) is 14.1. The van der Waals surface area contributed by atoms with Crippen LogP contribution >= 0.6 is 23.2 Å². The lowest BCUT2D eigenvalue weighted by Gasteiger charge is -2.16. The number of nitrogens with one attached hydrogen (secondary N) is 1. The fourth-order valence-corrected chi connectivity index (χ4v) is 3.67. The highest BCUT2D eigenvalue weighted by molar-refractivity contribution is 6.36. The minimum Gasteiger partial charge on any atom is -0.489 e. The van der Waals surface area contributed by atoms with Crippen molar-refractivity contribution in [1.82, 2.24) is 0 Å². The van der Waals surface area contributed by atoms with Gasteiger partial charge in [-0.2, -0.15) is 0 Å². The summed E-state index contributed by atoms with van der Waals surface area (Å²) < 4.78 is 19.2. The molecule has 0 fully saturated rings. The molecule has 5 heteroatoms. The summed E-state index contributed by atoms with van der Waals surface area (Å²) in [6.45, 7) is 0.884. The highest BCUT2D eigenvalue weighted by atomic mass is 35.5. The van der Waals surface area contributed by atoms with E-state index >= 15 is 0 Å². The summed E-state index contributed by atoms with van der Waals surface area (Å²) in [5.74, 6) is 0.509. The van der Waals surface area contributed by atoms with Crippen LogP contribution in [0, 0.1) is 5.82 Å². The molecular formula is C24H18Cl2FNO. The van der Waals surface area contributed by atoms with E-state index in [0.29, 0.717) is 23.2 Å². The number of halogens is 3. The summed E-state index contributed by atoms with van der Waals surface area (Å²) in [5, 5.41) is 6.75. The number of hydrogen-bond acceptors (Lipinski definition) is 2. The quantitative estimate of drug-likeness (QED) is 0.345. The Balaban J connectivity index is 1.62. The summed E-state index contributed by atoms with van der Waals surface area (Å²) in [6.07, 6.45) is 0. The van der Waals surface area contributed by atoms with Gasteiger partial charge >= 0.3 is 0 Å². The van der Waals surface area contributed by atoms with Crippen LogP contribution in [0.25, 0.3) is 10.8 Å². The SMILES string of the molecule is Fc1ccc(COc2ccc3ccccc3c2CNc2ccc(Cl)cc2Cl)cc1. The predicted octanol–water partition coefficient (Wildman–Crippen LogP) is 7.48. The first-order valence-electron chi connectivity index (χ1n) is 9.17. The van der Waals surface area contributed by atoms with Gasteiger partial charge in [-0.3, -0.25) is 0 Å². The Morgan fingerprint density at radius 3 is 2.45 bits per heavy atom. The van der Waals surface area contributed by atoms with Gasteiger partial charge in [0.25, 0.3) is 0 Å². The molecule has 29 heavy (non-hydrogen) atoms. The van der Waals surface area contributed by atoms with Crippen molar-refractivity contribution in [1.29, 1.82) is 0 Å². The molecule has 0 saturated heterocycles. The molecule has 0 aliphatic heterocycles. The molecule has 0 unspecified atom stereocenters. The molecule has 0 bridgehead atoms. The number of rotatable bonds is 6. The topological polar surface area (TPSA) is 21.3 Å². The van der Waals surface area contributed by atoms with Crippen molar-refractivity contribution in [3.05, 3.63) is 106 Å². The molecule has 4 aromatic carbocycles. The van der Waals surface area contributed by atoms with Gasteiger partial charge < -0.3 is 10.1 Å². The number of fused-ring (bicyclic) bond motifs is 1. The van der Waals surface area contributed by atoms with Crippen molar-refractivity contribution in [3.8, 4) is 5.75 Å². The van der Waals surface area contributed by atoms with Gasteiger partial charge in [0.05, 0.1) is 10.7 Å². The highest BCUT2D eigenvalue weighted by Gasteiger charge is 2.11. The summed E-state index contributed by atoms with van der Waals surface area (Å²) in [5.41, 5.74) is 2.73. The molecule has 4 aromatic rings. The van der Waals surface area contributed by atoms with Gasteiger partial charge in [-0.1, -0.05) is 65.7 Å². The van der Waals surface area contributed by atoms with E-state index in [1.54, 1.807) is 24.3 Å². The molecule has 0 aromatic heterocycles. The van der Waals surface area contributed by atoms with Crippen LogP contribution in [0.15, 0.2) is 78.9 Å². The molecule has 0 heterocycles. The first-order valence-corrected chi connectivity index (χ1v) is 9.92. The number of anilines is 1. The fourth-order valence-electron chi connectivity index (χ4n) is 3.19. The first kappa shape index (κ1) is 19.6. The van der Waals surface area contributed by atoms with Gasteiger partial charge in [-0.15, -0.1) is 0 Å². The third kappa shape index (κ3) is 4.64. The van der Waals surface area contributed by atoms with E-state index in [1.807, 2.05) is 30.3 Å². The Bertz CT molecular complexity index is 1150. The van der Waals surface area contributed by atoms with Gasteiger partial charge in [0, 0.05) is 17.1 Å². The van der Waals surface area contributed by atoms with Gasteiger partial charge in [-0.05, 0) is 52.7 Å². The molecule has 0 atom stereocenters. The Morgan fingerprint density at radius 1 is 0.862 bits per heavy atom. The van der Waals surface area contributed by atoms with E-state index in [1.165, 1.54) is 12.1 Å². The second kappa shape index (κ2) is 8.73. The smallest absolute Gasteiger partial charge is 0.125 e. The van der Waals surface area contributed by atoms with E-state index in [4.69, 9.17) is 27.9 Å². The normalized spacial score (nSPS) is 10.9.